The van der Waals surface area contributed by atoms with Gasteiger partial charge in [0.25, 0.3) is 0 Å². The first-order valence-electron chi connectivity index (χ1n) is 33.4. The smallest absolute Gasteiger partial charge is 0.478 e. The number of ketones is 1. The molecule has 8 rings (SSSR count). The van der Waals surface area contributed by atoms with E-state index in [1.54, 1.807) is 47.2 Å². The Morgan fingerprint density at radius 3 is 1.59 bits per heavy atom. The summed E-state index contributed by atoms with van der Waals surface area (Å²) in [5.74, 6) is 10.4. The van der Waals surface area contributed by atoms with Crippen LogP contribution in [0.3, 0.4) is 0 Å². The number of hydrogen-bond acceptors (Lipinski definition) is 33. The summed E-state index contributed by atoms with van der Waals surface area (Å²) in [5.41, 5.74) is 26.7. The molecule has 4 aliphatic rings. The van der Waals surface area contributed by atoms with Gasteiger partial charge in [-0.2, -0.15) is 27.2 Å². The number of carboxylic acid groups (broad SMARTS) is 1. The molecule has 3 aliphatic heterocycles. The Balaban J connectivity index is 0.000000407. The molecule has 1 aliphatic carbocycles. The lowest BCUT2D eigenvalue weighted by Gasteiger charge is -2.22. The Morgan fingerprint density at radius 1 is 0.672 bits per heavy atom. The predicted molar refractivity (Wildman–Crippen MR) is 430 cm³/mol. The van der Waals surface area contributed by atoms with Crippen molar-refractivity contribution in [1.29, 1.82) is 0 Å². The van der Waals surface area contributed by atoms with Gasteiger partial charge in [0, 0.05) is 87.1 Å². The lowest BCUT2D eigenvalue weighted by molar-refractivity contribution is -0.173. The summed E-state index contributed by atoms with van der Waals surface area (Å²) < 4.78 is 136. The van der Waals surface area contributed by atoms with Crippen LogP contribution in [0, 0.1) is 37.5 Å². The number of aryl methyl sites for hydroxylation is 1. The molecule has 51 heteroatoms. The molecule has 4 unspecified atom stereocenters. The number of Topliss-reactive ketones (excluding diaryl/α,β-unsaturated/α-hetero) is 1. The number of aromatic nitrogens is 4. The third kappa shape index (κ3) is 29.7. The first kappa shape index (κ1) is 98.8. The van der Waals surface area contributed by atoms with E-state index in [2.05, 4.69) is 68.6 Å². The minimum atomic E-state index is -5.77. The zero-order valence-corrected chi connectivity index (χ0v) is 70.5. The fourth-order valence-electron chi connectivity index (χ4n) is 10.5. The monoisotopic (exact) mass is 1820 g/mol. The zero-order chi connectivity index (χ0) is 85.4. The summed E-state index contributed by atoms with van der Waals surface area (Å²) >= 11 is 0. The number of benzene rings is 3. The fraction of sp³-hybridized carbons (Fsp3) is 0.431. The number of rotatable bonds is 39. The maximum atomic E-state index is 13.6. The summed E-state index contributed by atoms with van der Waals surface area (Å²) in [6.07, 6.45) is -0.358. The number of aromatic carboxylic acids is 1. The molecule has 2 aromatic carbocycles. The number of hydrogen-bond donors (Lipinski definition) is 14. The van der Waals surface area contributed by atoms with Crippen molar-refractivity contribution in [3.8, 4) is 46.1 Å². The van der Waals surface area contributed by atoms with Gasteiger partial charge < -0.3 is 100 Å². The average Bonchev–Trinajstić information content (AvgIpc) is 0.950. The largest absolute Gasteiger partial charge is 0.490 e. The van der Waals surface area contributed by atoms with E-state index in [-0.39, 0.29) is 103 Å². The van der Waals surface area contributed by atoms with Gasteiger partial charge in [-0.3, -0.25) is 28.4 Å². The molecule has 0 saturated carbocycles. The van der Waals surface area contributed by atoms with Gasteiger partial charge in [0.2, 0.25) is 5.36 Å². The number of nitrogen functional groups attached to an aromatic ring is 3. The van der Waals surface area contributed by atoms with Crippen LogP contribution in [0.4, 0.5) is 17.3 Å². The second-order valence-corrected chi connectivity index (χ2v) is 40.5. The highest BCUT2D eigenvalue weighted by Crippen LogP contribution is 2.68. The van der Waals surface area contributed by atoms with Crippen LogP contribution in [0.2, 0.25) is 0 Å². The lowest BCUT2D eigenvalue weighted by Crippen LogP contribution is -2.46. The molecule has 0 amide bonds. The molecule has 10 atom stereocenters. The highest BCUT2D eigenvalue weighted by atomic mass is 33.1. The Morgan fingerprint density at radius 2 is 1.14 bits per heavy atom. The molecular formula is C65H88N9O32P6S4+. The first-order chi connectivity index (χ1) is 53.6. The highest BCUT2D eigenvalue weighted by Gasteiger charge is 2.46. The quantitative estimate of drug-likeness (QED) is 0.00206. The minimum absolute atomic E-state index is 0. The number of carbonyl (C=O) groups is 2. The van der Waals surface area contributed by atoms with Crippen molar-refractivity contribution in [2.45, 2.75) is 121 Å². The van der Waals surface area contributed by atoms with Crippen molar-refractivity contribution in [3.63, 3.8) is 0 Å². The molecule has 116 heavy (non-hydrogen) atoms. The molecule has 2 fully saturated rings. The second kappa shape index (κ2) is 42.5. The van der Waals surface area contributed by atoms with E-state index in [0.29, 0.717) is 74.5 Å². The van der Waals surface area contributed by atoms with Crippen LogP contribution in [-0.2, 0) is 82.1 Å². The Hall–Kier alpha value is -6.03. The normalized spacial score (nSPS) is 19.2. The molecule has 2 aromatic heterocycles. The van der Waals surface area contributed by atoms with Gasteiger partial charge in [-0.05, 0) is 77.8 Å². The van der Waals surface area contributed by atoms with Gasteiger partial charge >= 0.3 is 64.3 Å². The number of nitrogens with zero attached hydrogens (tertiary/aromatic N) is 4. The van der Waals surface area contributed by atoms with E-state index >= 15 is 0 Å². The topological polar surface area (TPSA) is 642 Å². The van der Waals surface area contributed by atoms with Gasteiger partial charge in [0.1, 0.15) is 72.7 Å². The first-order valence-corrected chi connectivity index (χ1v) is 47.0. The fourth-order valence-corrected chi connectivity index (χ4v) is 20.9. The summed E-state index contributed by atoms with van der Waals surface area (Å²) in [5, 5.41) is 17.9. The Labute approximate surface area is 679 Å². The Bertz CT molecular complexity index is 5180. The molecule has 19 N–H and O–H groups in total. The van der Waals surface area contributed by atoms with Crippen molar-refractivity contribution in [2.75, 3.05) is 75.3 Å². The molecule has 0 radical (unpaired) electrons. The van der Waals surface area contributed by atoms with E-state index in [1.807, 2.05) is 41.5 Å². The van der Waals surface area contributed by atoms with E-state index in [0.717, 1.165) is 9.13 Å². The summed E-state index contributed by atoms with van der Waals surface area (Å²) in [4.78, 5) is 133. The van der Waals surface area contributed by atoms with Crippen LogP contribution < -0.4 is 45.1 Å². The summed E-state index contributed by atoms with van der Waals surface area (Å²) in [6, 6.07) is 11.7. The number of ether oxygens (including phenoxy) is 6. The Kier molecular flexibility index (Phi) is 36.2. The second-order valence-electron chi connectivity index (χ2n) is 25.7. The van der Waals surface area contributed by atoms with Gasteiger partial charge in [0.05, 0.1) is 60.9 Å². The zero-order valence-electron chi connectivity index (χ0n) is 61.8. The van der Waals surface area contributed by atoms with Crippen LogP contribution in [0.25, 0.3) is 33.4 Å². The predicted octanol–water partition coefficient (Wildman–Crippen LogP) is 7.36. The molecule has 0 bridgehead atoms. The van der Waals surface area contributed by atoms with Gasteiger partial charge in [-0.1, -0.05) is 98.6 Å². The van der Waals surface area contributed by atoms with Crippen molar-refractivity contribution in [1.82, 2.24) is 19.1 Å². The van der Waals surface area contributed by atoms with Crippen LogP contribution in [0.5, 0.6) is 0 Å². The number of phosphoric ester groups is 2. The van der Waals surface area contributed by atoms with E-state index in [9.17, 15) is 71.2 Å². The minimum Gasteiger partial charge on any atom is -0.478 e. The van der Waals surface area contributed by atoms with Crippen molar-refractivity contribution in [3.05, 3.63) is 140 Å². The van der Waals surface area contributed by atoms with Crippen molar-refractivity contribution in [2.24, 2.45) is 5.73 Å². The van der Waals surface area contributed by atoms with Gasteiger partial charge in [0.15, 0.2) is 5.78 Å². The standard InChI is InChI=1S/C44H50N5O18P3S2.C20H33N4O14P3S2.CH4/c1-6-17-62-35-20-37(64-36(35)22-63-69(57,58)67-70(59,60)66-68(54,55)56)49-21-27(41(47)48-43(49)53)8-7-18-61-23-71-72-44(4,5)16-15-34(50)26-9-10-28(31(19-26)42(51)52)38-29-11-13-32(45)24(2)39(29)65-40-25(3)33(46)14-12-30(38)40;1-4-7-34-15-9-17(36-16(15)11-35-40(29,30)38-41(31,32)37-39(26,27)28)24-10-14(18(22)23-19(24)25)6-5-8-33-13-42-43-20(2,3)12-21;/h6,9-14,19,21,35-37,45H,1,15-18,20,22-23,46H2,2-5H3,(H,51,52)(H,57,58)(H,59,60)(H2,47,48,53)(H2,54,55,56);4,10,15-17H,1,7-9,11-13,21H2,2-3H3,(H,29,30)(H,31,32)(H2,22,23,25)(H2,26,27,28);1H4/p+1/t35-,36-,37-;15-,16-,17-;/m11./s1. The van der Waals surface area contributed by atoms with E-state index in [1.165, 1.54) is 63.0 Å². The van der Waals surface area contributed by atoms with Gasteiger partial charge in [-0.25, -0.2) is 41.8 Å². The van der Waals surface area contributed by atoms with Crippen LogP contribution in [0.1, 0.15) is 116 Å². The van der Waals surface area contributed by atoms with Crippen molar-refractivity contribution < 1.29 is 146 Å². The van der Waals surface area contributed by atoms with Gasteiger partial charge in [-0.15, -0.1) is 13.2 Å². The third-order valence-corrected chi connectivity index (χ3v) is 29.6. The number of nitrogens with two attached hydrogens (primary N) is 5. The molecular weight excluding hydrogens is 1730 g/mol. The molecule has 5 heterocycles. The summed E-state index contributed by atoms with van der Waals surface area (Å²) in [7, 11) is -27.6. The molecule has 4 aromatic rings. The maximum absolute atomic E-state index is 13.6. The van der Waals surface area contributed by atoms with Crippen LogP contribution >= 0.6 is 90.1 Å². The molecule has 41 nitrogen and oxygen atoms in total. The van der Waals surface area contributed by atoms with Crippen molar-refractivity contribution >= 4 is 130 Å². The molecule has 2 saturated heterocycles. The molecule has 0 spiro atoms. The highest BCUT2D eigenvalue weighted by molar-refractivity contribution is 8.77. The summed E-state index contributed by atoms with van der Waals surface area (Å²) in [6.45, 7) is 17.6. The number of carbonyl (C=O) groups excluding carboxylic acids is 1. The number of carboxylic acids is 1. The SMILES string of the molecule is C.C=CCO[C@@H]1C[C@H](n2cc(C#CCOCSSC(C)(C)CCC(=O)c3ccc(-c4c5ccc(=[NH2+])c(C)c-5oc5c(C)c(N)ccc45)c(C(=O)O)c3)c(N)nc2=O)O[C@@H]1COP(=O)(O)OP(=O)(O)OP(=O)(O)O.C=CCO[C@@H]1C[C@H](n2cc(C#CCOCSSC(C)(C)CN)c(N)nc2=O)O[C@@H]1COP(=O)(O)OP(=O)(O)OP(=O)(O)O. The van der Waals surface area contributed by atoms with E-state index in [4.69, 9.17) is 85.3 Å². The van der Waals surface area contributed by atoms with Crippen LogP contribution in [0.15, 0.2) is 94.2 Å². The number of anilines is 3. The average molecular weight is 1820 g/mol. The maximum Gasteiger partial charge on any atom is 0.490 e. The number of fused-ring (bicyclic) bond motifs is 2. The lowest BCUT2D eigenvalue weighted by atomic mass is 9.87. The molecule has 638 valence electrons. The van der Waals surface area contributed by atoms with Crippen LogP contribution in [-0.4, -0.2) is 167 Å². The third-order valence-electron chi connectivity index (χ3n) is 16.0. The van der Waals surface area contributed by atoms with E-state index < -0.39 is 119 Å². The number of phosphoric acid groups is 6.